The van der Waals surface area contributed by atoms with E-state index in [1.165, 1.54) is 0 Å². The Morgan fingerprint density at radius 2 is 1.92 bits per heavy atom. The minimum atomic E-state index is -0.900. The van der Waals surface area contributed by atoms with Crippen molar-refractivity contribution >= 4 is 17.7 Å². The zero-order valence-corrected chi connectivity index (χ0v) is 14.2. The maximum absolute atomic E-state index is 11.9. The Hall–Kier alpha value is -2.37. The number of carbonyl (C=O) groups is 3. The van der Waals surface area contributed by atoms with E-state index >= 15 is 0 Å². The van der Waals surface area contributed by atoms with Crippen LogP contribution in [0.25, 0.3) is 0 Å². The Balaban J connectivity index is 1.81. The second-order valence-electron chi connectivity index (χ2n) is 6.60. The van der Waals surface area contributed by atoms with Gasteiger partial charge in [-0.1, -0.05) is 26.0 Å². The Morgan fingerprint density at radius 1 is 1.25 bits per heavy atom. The van der Waals surface area contributed by atoms with Crippen LogP contribution in [0.2, 0.25) is 0 Å². The number of ketones is 1. The molecule has 1 aromatic carbocycles. The number of hydrogen-bond acceptors (Lipinski definition) is 6. The minimum absolute atomic E-state index is 0.145. The standard InChI is InChI=1S/C18H22O6/c1-12(19)4-5-13-6-8-14(9-7-13)22-10-15(20)24-16-17(21)23-11-18(16,2)3/h6-9,16H,4-5,10-11H2,1-3H3/t16-/m0/s1. The Labute approximate surface area is 141 Å². The third-order valence-electron chi connectivity index (χ3n) is 3.81. The molecule has 0 N–H and O–H groups in total. The molecule has 6 heteroatoms. The van der Waals surface area contributed by atoms with Gasteiger partial charge in [-0.3, -0.25) is 0 Å². The quantitative estimate of drug-likeness (QED) is 0.710. The molecule has 6 nitrogen and oxygen atoms in total. The number of rotatable bonds is 7. The van der Waals surface area contributed by atoms with E-state index in [4.69, 9.17) is 14.2 Å². The van der Waals surface area contributed by atoms with Crippen molar-refractivity contribution in [3.63, 3.8) is 0 Å². The maximum Gasteiger partial charge on any atom is 0.348 e. The molecular weight excluding hydrogens is 312 g/mol. The third-order valence-corrected chi connectivity index (χ3v) is 3.81. The largest absolute Gasteiger partial charge is 0.482 e. The average Bonchev–Trinajstić information content (AvgIpc) is 2.79. The second kappa shape index (κ2) is 7.47. The molecule has 0 aliphatic carbocycles. The number of hydrogen-bond donors (Lipinski definition) is 0. The topological polar surface area (TPSA) is 78.9 Å². The van der Waals surface area contributed by atoms with Gasteiger partial charge in [0, 0.05) is 11.8 Å². The molecule has 0 bridgehead atoms. The normalized spacial score (nSPS) is 18.8. The Bertz CT molecular complexity index is 617. The highest BCUT2D eigenvalue weighted by molar-refractivity contribution is 5.82. The number of aryl methyl sites for hydroxylation is 1. The van der Waals surface area contributed by atoms with Crippen LogP contribution in [0.3, 0.4) is 0 Å². The van der Waals surface area contributed by atoms with Crippen molar-refractivity contribution in [1.82, 2.24) is 0 Å². The predicted octanol–water partition coefficient (Wildman–Crippen LogP) is 2.08. The van der Waals surface area contributed by atoms with Gasteiger partial charge >= 0.3 is 11.9 Å². The lowest BCUT2D eigenvalue weighted by molar-refractivity contribution is -0.164. The summed E-state index contributed by atoms with van der Waals surface area (Å²) in [6, 6.07) is 7.16. The highest BCUT2D eigenvalue weighted by Gasteiger charge is 2.46. The average molecular weight is 334 g/mol. The number of benzene rings is 1. The Kier molecular flexibility index (Phi) is 5.59. The summed E-state index contributed by atoms with van der Waals surface area (Å²) in [5, 5.41) is 0. The molecule has 0 amide bonds. The first-order chi connectivity index (χ1) is 11.3. The highest BCUT2D eigenvalue weighted by atomic mass is 16.6. The number of Topliss-reactive ketones (excluding diaryl/α,β-unsaturated/α-hetero) is 1. The van der Waals surface area contributed by atoms with Crippen LogP contribution >= 0.6 is 0 Å². The fraction of sp³-hybridized carbons (Fsp3) is 0.500. The second-order valence-corrected chi connectivity index (χ2v) is 6.60. The summed E-state index contributed by atoms with van der Waals surface area (Å²) in [5.41, 5.74) is 0.487. The van der Waals surface area contributed by atoms with Gasteiger partial charge in [0.2, 0.25) is 6.10 Å². The van der Waals surface area contributed by atoms with Gasteiger partial charge in [0.05, 0.1) is 0 Å². The fourth-order valence-electron chi connectivity index (χ4n) is 2.32. The molecule has 1 aromatic rings. The maximum atomic E-state index is 11.9. The number of cyclic esters (lactones) is 1. The van der Waals surface area contributed by atoms with Gasteiger partial charge in [-0.2, -0.15) is 0 Å². The van der Waals surface area contributed by atoms with Crippen molar-refractivity contribution in [2.24, 2.45) is 5.41 Å². The summed E-state index contributed by atoms with van der Waals surface area (Å²) in [6.45, 7) is 5.11. The van der Waals surface area contributed by atoms with Crippen molar-refractivity contribution in [3.8, 4) is 5.75 Å². The smallest absolute Gasteiger partial charge is 0.348 e. The summed E-state index contributed by atoms with van der Waals surface area (Å²) in [7, 11) is 0. The van der Waals surface area contributed by atoms with E-state index < -0.39 is 23.5 Å². The van der Waals surface area contributed by atoms with Crippen molar-refractivity contribution < 1.29 is 28.6 Å². The summed E-state index contributed by atoms with van der Waals surface area (Å²) < 4.78 is 15.5. The molecule has 0 radical (unpaired) electrons. The molecule has 0 aromatic heterocycles. The van der Waals surface area contributed by atoms with Crippen molar-refractivity contribution in [3.05, 3.63) is 29.8 Å². The monoisotopic (exact) mass is 334 g/mol. The highest BCUT2D eigenvalue weighted by Crippen LogP contribution is 2.31. The fourth-order valence-corrected chi connectivity index (χ4v) is 2.32. The zero-order chi connectivity index (χ0) is 17.7. The van der Waals surface area contributed by atoms with Crippen molar-refractivity contribution in [1.29, 1.82) is 0 Å². The first-order valence-corrected chi connectivity index (χ1v) is 7.85. The summed E-state index contributed by atoms with van der Waals surface area (Å²) in [6.07, 6.45) is 0.277. The van der Waals surface area contributed by atoms with E-state index in [-0.39, 0.29) is 19.0 Å². The van der Waals surface area contributed by atoms with Crippen molar-refractivity contribution in [2.75, 3.05) is 13.2 Å². The van der Waals surface area contributed by atoms with Crippen LogP contribution in [0, 0.1) is 5.41 Å². The van der Waals surface area contributed by atoms with Crippen LogP contribution in [0.1, 0.15) is 32.8 Å². The van der Waals surface area contributed by atoms with Crippen LogP contribution in [0.4, 0.5) is 0 Å². The van der Waals surface area contributed by atoms with Gasteiger partial charge in [0.15, 0.2) is 6.61 Å². The van der Waals surface area contributed by atoms with Gasteiger partial charge in [-0.05, 0) is 31.0 Å². The van der Waals surface area contributed by atoms with E-state index in [2.05, 4.69) is 0 Å². The van der Waals surface area contributed by atoms with Gasteiger partial charge in [-0.25, -0.2) is 9.59 Å². The first-order valence-electron chi connectivity index (χ1n) is 7.85. The van der Waals surface area contributed by atoms with Gasteiger partial charge in [-0.15, -0.1) is 0 Å². The number of carbonyl (C=O) groups excluding carboxylic acids is 3. The van der Waals surface area contributed by atoms with E-state index in [1.54, 1.807) is 32.9 Å². The lowest BCUT2D eigenvalue weighted by Gasteiger charge is -2.21. The number of ether oxygens (including phenoxy) is 3. The van der Waals surface area contributed by atoms with Crippen LogP contribution in [-0.4, -0.2) is 37.0 Å². The molecule has 1 atom stereocenters. The molecule has 1 heterocycles. The van der Waals surface area contributed by atoms with Gasteiger partial charge in [0.1, 0.15) is 18.1 Å². The lowest BCUT2D eigenvalue weighted by atomic mass is 9.90. The van der Waals surface area contributed by atoms with Gasteiger partial charge < -0.3 is 19.0 Å². The van der Waals surface area contributed by atoms with E-state index in [1.807, 2.05) is 12.1 Å². The molecule has 0 saturated carbocycles. The molecule has 1 aliphatic rings. The zero-order valence-electron chi connectivity index (χ0n) is 14.2. The molecule has 2 rings (SSSR count). The van der Waals surface area contributed by atoms with E-state index in [0.717, 1.165) is 5.56 Å². The van der Waals surface area contributed by atoms with Crippen LogP contribution in [0.5, 0.6) is 5.75 Å². The summed E-state index contributed by atoms with van der Waals surface area (Å²) >= 11 is 0. The molecule has 0 spiro atoms. The third kappa shape index (κ3) is 4.81. The molecule has 1 aliphatic heterocycles. The molecule has 1 saturated heterocycles. The SMILES string of the molecule is CC(=O)CCc1ccc(OCC(=O)O[C@H]2C(=O)OCC2(C)C)cc1. The molecule has 130 valence electrons. The summed E-state index contributed by atoms with van der Waals surface area (Å²) in [4.78, 5) is 34.4. The molecule has 24 heavy (non-hydrogen) atoms. The van der Waals surface area contributed by atoms with E-state index in [0.29, 0.717) is 18.6 Å². The summed E-state index contributed by atoms with van der Waals surface area (Å²) in [5.74, 6) is -0.478. The van der Waals surface area contributed by atoms with Crippen LogP contribution in [0.15, 0.2) is 24.3 Å². The van der Waals surface area contributed by atoms with Crippen molar-refractivity contribution in [2.45, 2.75) is 39.7 Å². The molecule has 1 fully saturated rings. The molecule has 0 unspecified atom stereocenters. The van der Waals surface area contributed by atoms with Gasteiger partial charge in [0.25, 0.3) is 0 Å². The first kappa shape index (κ1) is 18.0. The minimum Gasteiger partial charge on any atom is -0.482 e. The molecular formula is C18H22O6. The predicted molar refractivity (Wildman–Crippen MR) is 85.6 cm³/mol. The van der Waals surface area contributed by atoms with E-state index in [9.17, 15) is 14.4 Å². The Morgan fingerprint density at radius 3 is 2.46 bits per heavy atom. The number of esters is 2. The van der Waals surface area contributed by atoms with Crippen LogP contribution in [-0.2, 0) is 30.3 Å². The van der Waals surface area contributed by atoms with Crippen LogP contribution < -0.4 is 4.74 Å². The lowest BCUT2D eigenvalue weighted by Crippen LogP contribution is -2.36.